The van der Waals surface area contributed by atoms with Gasteiger partial charge in [0.05, 0.1) is 19.0 Å². The average molecular weight is 380 g/mol. The molecule has 0 bridgehead atoms. The number of rotatable bonds is 3. The van der Waals surface area contributed by atoms with Gasteiger partial charge in [0.25, 0.3) is 0 Å². The molecule has 0 saturated carbocycles. The summed E-state index contributed by atoms with van der Waals surface area (Å²) < 4.78 is 8.24. The monoisotopic (exact) mass is 379 g/mol. The predicted octanol–water partition coefficient (Wildman–Crippen LogP) is 4.83. The van der Waals surface area contributed by atoms with Gasteiger partial charge in [-0.1, -0.05) is 40.2 Å². The van der Waals surface area contributed by atoms with Crippen LogP contribution in [0.25, 0.3) is 28.0 Å². The Kier molecular flexibility index (Phi) is 3.78. The second-order valence-corrected chi connectivity index (χ2v) is 6.28. The fourth-order valence-corrected chi connectivity index (χ4v) is 2.99. The van der Waals surface area contributed by atoms with E-state index in [0.29, 0.717) is 0 Å². The van der Waals surface area contributed by atoms with Gasteiger partial charge in [-0.25, -0.2) is 9.50 Å². The minimum absolute atomic E-state index is 0.817. The Morgan fingerprint density at radius 2 is 1.83 bits per heavy atom. The summed E-state index contributed by atoms with van der Waals surface area (Å²) in [5.74, 6) is 0.817. The van der Waals surface area contributed by atoms with E-state index in [9.17, 15) is 0 Å². The molecule has 2 heterocycles. The first-order valence-electron chi connectivity index (χ1n) is 7.49. The lowest BCUT2D eigenvalue weighted by Gasteiger charge is -2.07. The maximum atomic E-state index is 5.32. The molecule has 0 aliphatic carbocycles. The Hall–Kier alpha value is -2.66. The topological polar surface area (TPSA) is 39.4 Å². The van der Waals surface area contributed by atoms with E-state index in [0.717, 1.165) is 38.3 Å². The molecular formula is C19H14BrN3O. The van der Waals surface area contributed by atoms with E-state index in [1.54, 1.807) is 7.11 Å². The fraction of sp³-hybridized carbons (Fsp3) is 0.0526. The van der Waals surface area contributed by atoms with Crippen LogP contribution in [-0.4, -0.2) is 21.7 Å². The third-order valence-electron chi connectivity index (χ3n) is 3.92. The van der Waals surface area contributed by atoms with Gasteiger partial charge in [0.1, 0.15) is 5.75 Å². The second-order valence-electron chi connectivity index (χ2n) is 5.36. The zero-order valence-electron chi connectivity index (χ0n) is 13.0. The molecule has 0 unspecified atom stereocenters. The molecule has 4 rings (SSSR count). The van der Waals surface area contributed by atoms with Crippen LogP contribution in [0.1, 0.15) is 0 Å². The predicted molar refractivity (Wildman–Crippen MR) is 98.1 cm³/mol. The average Bonchev–Trinajstić information content (AvgIpc) is 3.06. The summed E-state index contributed by atoms with van der Waals surface area (Å²) >= 11 is 3.47. The smallest absolute Gasteiger partial charge is 0.163 e. The molecule has 0 amide bonds. The van der Waals surface area contributed by atoms with Gasteiger partial charge in [0.2, 0.25) is 0 Å². The van der Waals surface area contributed by atoms with Gasteiger partial charge < -0.3 is 4.74 Å². The number of hydrogen-bond donors (Lipinski definition) is 0. The van der Waals surface area contributed by atoms with E-state index >= 15 is 0 Å². The zero-order valence-corrected chi connectivity index (χ0v) is 14.6. The highest BCUT2D eigenvalue weighted by atomic mass is 79.9. The quantitative estimate of drug-likeness (QED) is 0.511. The molecule has 5 heteroatoms. The van der Waals surface area contributed by atoms with Gasteiger partial charge in [-0.2, -0.15) is 5.10 Å². The maximum Gasteiger partial charge on any atom is 0.163 e. The van der Waals surface area contributed by atoms with Crippen molar-refractivity contribution in [3.05, 3.63) is 71.5 Å². The van der Waals surface area contributed by atoms with Gasteiger partial charge in [-0.3, -0.25) is 0 Å². The maximum absolute atomic E-state index is 5.32. The molecule has 0 atom stereocenters. The summed E-state index contributed by atoms with van der Waals surface area (Å²) in [6, 6.07) is 18.0. The highest BCUT2D eigenvalue weighted by Gasteiger charge is 2.12. The van der Waals surface area contributed by atoms with Crippen LogP contribution in [0, 0.1) is 0 Å². The molecule has 0 spiro atoms. The lowest BCUT2D eigenvalue weighted by Crippen LogP contribution is -1.96. The van der Waals surface area contributed by atoms with Crippen molar-refractivity contribution in [2.24, 2.45) is 0 Å². The number of benzene rings is 2. The molecule has 0 radical (unpaired) electrons. The zero-order chi connectivity index (χ0) is 16.5. The van der Waals surface area contributed by atoms with Crippen molar-refractivity contribution in [2.75, 3.05) is 7.11 Å². The van der Waals surface area contributed by atoms with Crippen molar-refractivity contribution < 1.29 is 4.74 Å². The third kappa shape index (κ3) is 2.57. The molecule has 0 fully saturated rings. The van der Waals surface area contributed by atoms with Gasteiger partial charge in [0, 0.05) is 21.8 Å². The lowest BCUT2D eigenvalue weighted by atomic mass is 10.1. The van der Waals surface area contributed by atoms with Crippen molar-refractivity contribution in [3.63, 3.8) is 0 Å². The number of ether oxygens (including phenoxy) is 1. The molecular weight excluding hydrogens is 366 g/mol. The SMILES string of the molecule is COc1cccc(-c2ccnc3c(-c4ccc(Br)cc4)cnn23)c1. The number of aromatic nitrogens is 3. The van der Waals surface area contributed by atoms with Crippen LogP contribution in [0.2, 0.25) is 0 Å². The molecule has 24 heavy (non-hydrogen) atoms. The first kappa shape index (κ1) is 14.9. The van der Waals surface area contributed by atoms with Crippen LogP contribution in [0.5, 0.6) is 5.75 Å². The number of hydrogen-bond acceptors (Lipinski definition) is 3. The molecule has 4 aromatic rings. The highest BCUT2D eigenvalue weighted by molar-refractivity contribution is 9.10. The fourth-order valence-electron chi connectivity index (χ4n) is 2.73. The summed E-state index contributed by atoms with van der Waals surface area (Å²) in [6.07, 6.45) is 3.67. The van der Waals surface area contributed by atoms with Crippen LogP contribution in [0.15, 0.2) is 71.5 Å². The van der Waals surface area contributed by atoms with Gasteiger partial charge in [0.15, 0.2) is 5.65 Å². The third-order valence-corrected chi connectivity index (χ3v) is 4.45. The minimum Gasteiger partial charge on any atom is -0.497 e. The van der Waals surface area contributed by atoms with E-state index in [-0.39, 0.29) is 0 Å². The molecule has 0 N–H and O–H groups in total. The van der Waals surface area contributed by atoms with Crippen molar-refractivity contribution >= 4 is 21.6 Å². The molecule has 2 aromatic carbocycles. The van der Waals surface area contributed by atoms with Crippen molar-refractivity contribution in [2.45, 2.75) is 0 Å². The summed E-state index contributed by atoms with van der Waals surface area (Å²) in [6.45, 7) is 0. The van der Waals surface area contributed by atoms with Crippen molar-refractivity contribution in [1.29, 1.82) is 0 Å². The molecule has 0 aliphatic heterocycles. The van der Waals surface area contributed by atoms with E-state index in [1.807, 2.05) is 59.4 Å². The highest BCUT2D eigenvalue weighted by Crippen LogP contribution is 2.29. The van der Waals surface area contributed by atoms with Gasteiger partial charge >= 0.3 is 0 Å². The standard InChI is InChI=1S/C19H14BrN3O/c1-24-16-4-2-3-14(11-16)18-9-10-21-19-17(12-22-23(18)19)13-5-7-15(20)8-6-13/h2-12H,1H3. The van der Waals surface area contributed by atoms with Crippen molar-refractivity contribution in [1.82, 2.24) is 14.6 Å². The van der Waals surface area contributed by atoms with Gasteiger partial charge in [-0.15, -0.1) is 0 Å². The Balaban J connectivity index is 1.89. The number of fused-ring (bicyclic) bond motifs is 1. The molecule has 2 aromatic heterocycles. The van der Waals surface area contributed by atoms with Crippen LogP contribution < -0.4 is 4.74 Å². The summed E-state index contributed by atoms with van der Waals surface area (Å²) in [5.41, 5.74) is 4.93. The molecule has 0 saturated heterocycles. The van der Waals surface area contributed by atoms with Crippen LogP contribution in [-0.2, 0) is 0 Å². The Morgan fingerprint density at radius 1 is 1.00 bits per heavy atom. The van der Waals surface area contributed by atoms with E-state index in [4.69, 9.17) is 4.74 Å². The number of nitrogens with zero attached hydrogens (tertiary/aromatic N) is 3. The van der Waals surface area contributed by atoms with E-state index < -0.39 is 0 Å². The first-order chi connectivity index (χ1) is 11.8. The minimum atomic E-state index is 0.817. The summed E-state index contributed by atoms with van der Waals surface area (Å²) in [5, 5.41) is 4.55. The molecule has 118 valence electrons. The number of methoxy groups -OCH3 is 1. The van der Waals surface area contributed by atoms with Crippen LogP contribution in [0.3, 0.4) is 0 Å². The van der Waals surface area contributed by atoms with E-state index in [1.165, 1.54) is 0 Å². The second kappa shape index (κ2) is 6.09. The summed E-state index contributed by atoms with van der Waals surface area (Å²) in [7, 11) is 1.67. The van der Waals surface area contributed by atoms with Crippen molar-refractivity contribution in [3.8, 4) is 28.1 Å². The normalized spacial score (nSPS) is 10.9. The Morgan fingerprint density at radius 3 is 2.62 bits per heavy atom. The summed E-state index contributed by atoms with van der Waals surface area (Å²) in [4.78, 5) is 4.53. The molecule has 0 aliphatic rings. The Bertz CT molecular complexity index is 1010. The molecule has 4 nitrogen and oxygen atoms in total. The van der Waals surface area contributed by atoms with Crippen LogP contribution >= 0.6 is 15.9 Å². The largest absolute Gasteiger partial charge is 0.497 e. The lowest BCUT2D eigenvalue weighted by molar-refractivity contribution is 0.415. The van der Waals surface area contributed by atoms with E-state index in [2.05, 4.69) is 38.1 Å². The van der Waals surface area contributed by atoms with Gasteiger partial charge in [-0.05, 0) is 35.9 Å². The van der Waals surface area contributed by atoms with Crippen LogP contribution in [0.4, 0.5) is 0 Å². The first-order valence-corrected chi connectivity index (χ1v) is 8.28. The Labute approximate surface area is 147 Å². The number of halogens is 1.